The van der Waals surface area contributed by atoms with E-state index in [-0.39, 0.29) is 11.8 Å². The predicted octanol–water partition coefficient (Wildman–Crippen LogP) is 2.88. The summed E-state index contributed by atoms with van der Waals surface area (Å²) in [5.41, 5.74) is 9.09. The molecule has 0 saturated heterocycles. The molecule has 0 bridgehead atoms. The highest BCUT2D eigenvalue weighted by Gasteiger charge is 2.36. The second-order valence-corrected chi connectivity index (χ2v) is 5.01. The summed E-state index contributed by atoms with van der Waals surface area (Å²) in [7, 11) is 1.68. The SMILES string of the molecule is COc1cc(-c2cccc(O)c2)ccc1[C@@H]1C[C@H]1N. The largest absolute Gasteiger partial charge is 0.508 e. The van der Waals surface area contributed by atoms with Crippen LogP contribution < -0.4 is 10.5 Å². The molecule has 0 unspecified atom stereocenters. The Kier molecular flexibility index (Phi) is 2.91. The maximum atomic E-state index is 9.54. The molecule has 1 aliphatic carbocycles. The van der Waals surface area contributed by atoms with Crippen LogP contribution in [0.2, 0.25) is 0 Å². The molecule has 3 rings (SSSR count). The van der Waals surface area contributed by atoms with Crippen LogP contribution in [0.5, 0.6) is 11.5 Å². The second kappa shape index (κ2) is 4.59. The molecule has 0 spiro atoms. The molecule has 1 saturated carbocycles. The zero-order valence-corrected chi connectivity index (χ0v) is 10.8. The summed E-state index contributed by atoms with van der Waals surface area (Å²) in [6.45, 7) is 0. The third kappa shape index (κ3) is 2.29. The smallest absolute Gasteiger partial charge is 0.123 e. The van der Waals surface area contributed by atoms with Crippen molar-refractivity contribution in [1.29, 1.82) is 0 Å². The molecule has 2 aromatic carbocycles. The van der Waals surface area contributed by atoms with Gasteiger partial charge in [0.25, 0.3) is 0 Å². The van der Waals surface area contributed by atoms with E-state index in [2.05, 4.69) is 12.1 Å². The van der Waals surface area contributed by atoms with Crippen molar-refractivity contribution in [2.24, 2.45) is 5.73 Å². The van der Waals surface area contributed by atoms with Crippen LogP contribution in [0.15, 0.2) is 42.5 Å². The van der Waals surface area contributed by atoms with Crippen molar-refractivity contribution in [3.8, 4) is 22.6 Å². The van der Waals surface area contributed by atoms with E-state index < -0.39 is 0 Å². The monoisotopic (exact) mass is 255 g/mol. The lowest BCUT2D eigenvalue weighted by molar-refractivity contribution is 0.409. The van der Waals surface area contributed by atoms with E-state index in [1.165, 1.54) is 5.56 Å². The summed E-state index contributed by atoms with van der Waals surface area (Å²) in [5, 5.41) is 9.54. The Labute approximate surface area is 112 Å². The average Bonchev–Trinajstić information content (AvgIpc) is 3.15. The maximum Gasteiger partial charge on any atom is 0.123 e. The molecule has 3 nitrogen and oxygen atoms in total. The van der Waals surface area contributed by atoms with Crippen molar-refractivity contribution < 1.29 is 9.84 Å². The molecule has 1 fully saturated rings. The average molecular weight is 255 g/mol. The van der Waals surface area contributed by atoms with E-state index in [4.69, 9.17) is 10.5 Å². The van der Waals surface area contributed by atoms with Crippen LogP contribution in [0.25, 0.3) is 11.1 Å². The van der Waals surface area contributed by atoms with Crippen molar-refractivity contribution in [3.63, 3.8) is 0 Å². The van der Waals surface area contributed by atoms with E-state index in [0.29, 0.717) is 5.92 Å². The van der Waals surface area contributed by atoms with Gasteiger partial charge in [-0.05, 0) is 41.3 Å². The van der Waals surface area contributed by atoms with Gasteiger partial charge in [-0.3, -0.25) is 0 Å². The van der Waals surface area contributed by atoms with Crippen LogP contribution in [-0.2, 0) is 0 Å². The summed E-state index contributed by atoms with van der Waals surface area (Å²) < 4.78 is 5.47. The number of methoxy groups -OCH3 is 1. The van der Waals surface area contributed by atoms with Gasteiger partial charge < -0.3 is 15.6 Å². The molecule has 3 heteroatoms. The first-order valence-electron chi connectivity index (χ1n) is 6.42. The van der Waals surface area contributed by atoms with Crippen LogP contribution in [0, 0.1) is 0 Å². The van der Waals surface area contributed by atoms with Gasteiger partial charge in [0.2, 0.25) is 0 Å². The summed E-state index contributed by atoms with van der Waals surface area (Å²) >= 11 is 0. The Hall–Kier alpha value is -2.00. The Morgan fingerprint density at radius 1 is 1.16 bits per heavy atom. The third-order valence-electron chi connectivity index (χ3n) is 3.65. The zero-order valence-electron chi connectivity index (χ0n) is 10.8. The van der Waals surface area contributed by atoms with Crippen molar-refractivity contribution in [3.05, 3.63) is 48.0 Å². The Balaban J connectivity index is 2.00. The van der Waals surface area contributed by atoms with Gasteiger partial charge >= 0.3 is 0 Å². The van der Waals surface area contributed by atoms with E-state index in [1.54, 1.807) is 19.2 Å². The molecule has 2 atom stereocenters. The standard InChI is InChI=1S/C16H17NO2/c1-19-16-8-11(10-3-2-4-12(18)7-10)5-6-13(16)14-9-15(14)17/h2-8,14-15,18H,9,17H2,1H3/t14-,15+/m0/s1. The first-order chi connectivity index (χ1) is 9.19. The first kappa shape index (κ1) is 12.1. The maximum absolute atomic E-state index is 9.54. The number of phenols is 1. The van der Waals surface area contributed by atoms with E-state index >= 15 is 0 Å². The Morgan fingerprint density at radius 3 is 2.53 bits per heavy atom. The van der Waals surface area contributed by atoms with Gasteiger partial charge in [-0.15, -0.1) is 0 Å². The fourth-order valence-corrected chi connectivity index (χ4v) is 2.45. The quantitative estimate of drug-likeness (QED) is 0.886. The number of aromatic hydroxyl groups is 1. The minimum absolute atomic E-state index is 0.264. The lowest BCUT2D eigenvalue weighted by atomic mass is 10.0. The van der Waals surface area contributed by atoms with Crippen LogP contribution in [0.3, 0.4) is 0 Å². The minimum Gasteiger partial charge on any atom is -0.508 e. The predicted molar refractivity (Wildman–Crippen MR) is 75.4 cm³/mol. The van der Waals surface area contributed by atoms with Gasteiger partial charge in [0, 0.05) is 12.0 Å². The lowest BCUT2D eigenvalue weighted by Gasteiger charge is -2.11. The number of rotatable bonds is 3. The third-order valence-corrected chi connectivity index (χ3v) is 3.65. The highest BCUT2D eigenvalue weighted by molar-refractivity contribution is 5.68. The molecule has 0 amide bonds. The topological polar surface area (TPSA) is 55.5 Å². The summed E-state index contributed by atoms with van der Waals surface area (Å²) in [6.07, 6.45) is 1.03. The van der Waals surface area contributed by atoms with Crippen LogP contribution in [0.4, 0.5) is 0 Å². The molecular formula is C16H17NO2. The molecule has 2 aromatic rings. The van der Waals surface area contributed by atoms with Crippen molar-refractivity contribution in [1.82, 2.24) is 0 Å². The van der Waals surface area contributed by atoms with Crippen LogP contribution in [0.1, 0.15) is 17.9 Å². The summed E-state index contributed by atoms with van der Waals surface area (Å²) in [4.78, 5) is 0. The van der Waals surface area contributed by atoms with Crippen LogP contribution >= 0.6 is 0 Å². The highest BCUT2D eigenvalue weighted by Crippen LogP contribution is 2.44. The molecule has 1 aliphatic rings. The number of hydrogen-bond donors (Lipinski definition) is 2. The van der Waals surface area contributed by atoms with Crippen molar-refractivity contribution in [2.45, 2.75) is 18.4 Å². The summed E-state index contributed by atoms with van der Waals surface area (Å²) in [5.74, 6) is 1.57. The number of benzene rings is 2. The molecule has 0 radical (unpaired) electrons. The number of nitrogens with two attached hydrogens (primary N) is 1. The molecule has 19 heavy (non-hydrogen) atoms. The molecule has 0 aliphatic heterocycles. The van der Waals surface area contributed by atoms with Crippen LogP contribution in [-0.4, -0.2) is 18.3 Å². The fraction of sp³-hybridized carbons (Fsp3) is 0.250. The lowest BCUT2D eigenvalue weighted by Crippen LogP contribution is -2.02. The number of ether oxygens (including phenoxy) is 1. The zero-order chi connectivity index (χ0) is 13.4. The van der Waals surface area contributed by atoms with E-state index in [0.717, 1.165) is 23.3 Å². The normalized spacial score (nSPS) is 21.2. The van der Waals surface area contributed by atoms with Gasteiger partial charge in [0.15, 0.2) is 0 Å². The first-order valence-corrected chi connectivity index (χ1v) is 6.42. The van der Waals surface area contributed by atoms with E-state index in [9.17, 15) is 5.11 Å². The molecule has 0 heterocycles. The molecular weight excluding hydrogens is 238 g/mol. The molecule has 98 valence electrons. The Bertz CT molecular complexity index is 609. The highest BCUT2D eigenvalue weighted by atomic mass is 16.5. The van der Waals surface area contributed by atoms with Gasteiger partial charge in [-0.1, -0.05) is 24.3 Å². The number of phenolic OH excluding ortho intramolecular Hbond substituents is 1. The summed E-state index contributed by atoms with van der Waals surface area (Å²) in [6, 6.07) is 13.6. The van der Waals surface area contributed by atoms with Crippen molar-refractivity contribution in [2.75, 3.05) is 7.11 Å². The van der Waals surface area contributed by atoms with E-state index in [1.807, 2.05) is 18.2 Å². The van der Waals surface area contributed by atoms with Crippen molar-refractivity contribution >= 4 is 0 Å². The second-order valence-electron chi connectivity index (χ2n) is 5.01. The molecule has 3 N–H and O–H groups in total. The van der Waals surface area contributed by atoms with Gasteiger partial charge in [0.05, 0.1) is 7.11 Å². The Morgan fingerprint density at radius 2 is 1.89 bits per heavy atom. The van der Waals surface area contributed by atoms with Gasteiger partial charge in [0.1, 0.15) is 11.5 Å². The fourth-order valence-electron chi connectivity index (χ4n) is 2.45. The van der Waals surface area contributed by atoms with Gasteiger partial charge in [-0.2, -0.15) is 0 Å². The van der Waals surface area contributed by atoms with Gasteiger partial charge in [-0.25, -0.2) is 0 Å². The minimum atomic E-state index is 0.264. The molecule has 0 aromatic heterocycles. The number of hydrogen-bond acceptors (Lipinski definition) is 3.